The minimum Gasteiger partial charge on any atom is -0.316 e. The van der Waals surface area contributed by atoms with Gasteiger partial charge in [-0.2, -0.15) is 0 Å². The summed E-state index contributed by atoms with van der Waals surface area (Å²) in [7, 11) is 0. The lowest BCUT2D eigenvalue weighted by atomic mass is 9.83. The van der Waals surface area contributed by atoms with Crippen molar-refractivity contribution in [2.45, 2.75) is 46.5 Å². The maximum absolute atomic E-state index is 3.57. The topological polar surface area (TPSA) is 12.0 Å². The molecule has 1 nitrogen and oxygen atoms in total. The van der Waals surface area contributed by atoms with Gasteiger partial charge in [-0.25, -0.2) is 0 Å². The van der Waals surface area contributed by atoms with Crippen molar-refractivity contribution in [2.75, 3.05) is 13.1 Å². The van der Waals surface area contributed by atoms with Crippen LogP contribution in [0, 0.1) is 17.8 Å². The van der Waals surface area contributed by atoms with E-state index in [1.165, 1.54) is 38.8 Å². The van der Waals surface area contributed by atoms with Crippen LogP contribution >= 0.6 is 0 Å². The molecule has 0 radical (unpaired) electrons. The highest BCUT2D eigenvalue weighted by Gasteiger charge is 2.17. The first-order valence-corrected chi connectivity index (χ1v) is 5.89. The Morgan fingerprint density at radius 1 is 1.15 bits per heavy atom. The maximum Gasteiger partial charge on any atom is -0.00204 e. The molecule has 1 saturated carbocycles. The molecular weight excluding hydrogens is 158 g/mol. The standard InChI is InChI=1S/C12H25N/c1-10(2)8-13-9-12-6-4-11(3)5-7-12/h10-13H,4-9H2,1-3H3. The number of rotatable bonds is 4. The van der Waals surface area contributed by atoms with Crippen LogP contribution in [-0.4, -0.2) is 13.1 Å². The van der Waals surface area contributed by atoms with Gasteiger partial charge in [-0.3, -0.25) is 0 Å². The van der Waals surface area contributed by atoms with Gasteiger partial charge in [0.1, 0.15) is 0 Å². The second-order valence-corrected chi connectivity index (χ2v) is 5.18. The van der Waals surface area contributed by atoms with Gasteiger partial charge in [0.2, 0.25) is 0 Å². The molecule has 0 heterocycles. The number of hydrogen-bond acceptors (Lipinski definition) is 1. The van der Waals surface area contributed by atoms with Gasteiger partial charge in [0.05, 0.1) is 0 Å². The smallest absolute Gasteiger partial charge is 0.00204 e. The van der Waals surface area contributed by atoms with E-state index in [0.717, 1.165) is 17.8 Å². The van der Waals surface area contributed by atoms with E-state index in [0.29, 0.717) is 0 Å². The molecule has 0 amide bonds. The maximum atomic E-state index is 3.57. The van der Waals surface area contributed by atoms with Crippen molar-refractivity contribution < 1.29 is 0 Å². The fraction of sp³-hybridized carbons (Fsp3) is 1.00. The van der Waals surface area contributed by atoms with Crippen molar-refractivity contribution in [1.82, 2.24) is 5.32 Å². The molecule has 1 rings (SSSR count). The van der Waals surface area contributed by atoms with Gasteiger partial charge in [0, 0.05) is 0 Å². The molecule has 0 atom stereocenters. The van der Waals surface area contributed by atoms with E-state index in [1.54, 1.807) is 0 Å². The molecule has 0 aliphatic heterocycles. The van der Waals surface area contributed by atoms with Crippen LogP contribution in [0.3, 0.4) is 0 Å². The van der Waals surface area contributed by atoms with E-state index >= 15 is 0 Å². The summed E-state index contributed by atoms with van der Waals surface area (Å²) in [5.41, 5.74) is 0. The van der Waals surface area contributed by atoms with Gasteiger partial charge >= 0.3 is 0 Å². The van der Waals surface area contributed by atoms with Crippen LogP contribution in [0.15, 0.2) is 0 Å². The third kappa shape index (κ3) is 4.66. The summed E-state index contributed by atoms with van der Waals surface area (Å²) in [6.45, 7) is 9.38. The average Bonchev–Trinajstić information content (AvgIpc) is 2.08. The first-order chi connectivity index (χ1) is 6.18. The SMILES string of the molecule is CC(C)CNCC1CCC(C)CC1. The fourth-order valence-electron chi connectivity index (χ4n) is 2.11. The van der Waals surface area contributed by atoms with Gasteiger partial charge < -0.3 is 5.32 Å². The zero-order chi connectivity index (χ0) is 9.68. The summed E-state index contributed by atoms with van der Waals surface area (Å²) < 4.78 is 0. The zero-order valence-corrected chi connectivity index (χ0v) is 9.47. The molecule has 0 aromatic carbocycles. The number of nitrogens with one attached hydrogen (secondary N) is 1. The van der Waals surface area contributed by atoms with Gasteiger partial charge in [0.15, 0.2) is 0 Å². The second-order valence-electron chi connectivity index (χ2n) is 5.18. The summed E-state index contributed by atoms with van der Waals surface area (Å²) in [6.07, 6.45) is 5.81. The summed E-state index contributed by atoms with van der Waals surface area (Å²) in [6, 6.07) is 0. The Balaban J connectivity index is 2.02. The summed E-state index contributed by atoms with van der Waals surface area (Å²) in [5.74, 6) is 2.75. The minimum absolute atomic E-state index is 0.794. The molecule has 0 bridgehead atoms. The normalized spacial score (nSPS) is 29.5. The van der Waals surface area contributed by atoms with Gasteiger partial charge in [-0.05, 0) is 43.7 Å². The van der Waals surface area contributed by atoms with Gasteiger partial charge in [-0.15, -0.1) is 0 Å². The quantitative estimate of drug-likeness (QED) is 0.706. The first-order valence-electron chi connectivity index (χ1n) is 5.89. The molecule has 1 fully saturated rings. The molecule has 1 aliphatic rings. The Labute approximate surface area is 83.3 Å². The Hall–Kier alpha value is -0.0400. The van der Waals surface area contributed by atoms with Crippen LogP contribution in [0.4, 0.5) is 0 Å². The van der Waals surface area contributed by atoms with Crippen molar-refractivity contribution in [2.24, 2.45) is 17.8 Å². The van der Waals surface area contributed by atoms with Gasteiger partial charge in [0.25, 0.3) is 0 Å². The van der Waals surface area contributed by atoms with E-state index in [1.807, 2.05) is 0 Å². The Bertz CT molecular complexity index is 123. The predicted octanol–water partition coefficient (Wildman–Crippen LogP) is 3.06. The molecule has 13 heavy (non-hydrogen) atoms. The first kappa shape index (κ1) is 11.0. The lowest BCUT2D eigenvalue weighted by Crippen LogP contribution is -2.28. The monoisotopic (exact) mass is 183 g/mol. The third-order valence-corrected chi connectivity index (χ3v) is 3.12. The van der Waals surface area contributed by atoms with Crippen LogP contribution < -0.4 is 5.32 Å². The molecule has 0 aromatic rings. The highest BCUT2D eigenvalue weighted by atomic mass is 14.9. The van der Waals surface area contributed by atoms with Crippen molar-refractivity contribution >= 4 is 0 Å². The van der Waals surface area contributed by atoms with E-state index in [4.69, 9.17) is 0 Å². The third-order valence-electron chi connectivity index (χ3n) is 3.12. The van der Waals surface area contributed by atoms with Crippen molar-refractivity contribution in [3.63, 3.8) is 0 Å². The van der Waals surface area contributed by atoms with Crippen LogP contribution in [-0.2, 0) is 0 Å². The van der Waals surface area contributed by atoms with Crippen LogP contribution in [0.25, 0.3) is 0 Å². The molecule has 1 heteroatoms. The minimum atomic E-state index is 0.794. The van der Waals surface area contributed by atoms with E-state index in [2.05, 4.69) is 26.1 Å². The average molecular weight is 183 g/mol. The zero-order valence-electron chi connectivity index (χ0n) is 9.47. The van der Waals surface area contributed by atoms with E-state index in [9.17, 15) is 0 Å². The van der Waals surface area contributed by atoms with Gasteiger partial charge in [-0.1, -0.05) is 33.6 Å². The predicted molar refractivity (Wildman–Crippen MR) is 58.8 cm³/mol. The number of hydrogen-bond donors (Lipinski definition) is 1. The van der Waals surface area contributed by atoms with Crippen molar-refractivity contribution in [3.8, 4) is 0 Å². The summed E-state index contributed by atoms with van der Waals surface area (Å²) >= 11 is 0. The van der Waals surface area contributed by atoms with Crippen LogP contribution in [0.1, 0.15) is 46.5 Å². The molecule has 1 aliphatic carbocycles. The highest BCUT2D eigenvalue weighted by molar-refractivity contribution is 4.71. The Morgan fingerprint density at radius 2 is 1.77 bits per heavy atom. The largest absolute Gasteiger partial charge is 0.316 e. The Kier molecular flexibility index (Phi) is 4.79. The molecule has 78 valence electrons. The summed E-state index contributed by atoms with van der Waals surface area (Å²) in [5, 5.41) is 3.57. The van der Waals surface area contributed by atoms with E-state index < -0.39 is 0 Å². The second kappa shape index (κ2) is 5.64. The van der Waals surface area contributed by atoms with E-state index in [-0.39, 0.29) is 0 Å². The molecule has 0 unspecified atom stereocenters. The van der Waals surface area contributed by atoms with Crippen molar-refractivity contribution in [1.29, 1.82) is 0 Å². The van der Waals surface area contributed by atoms with Crippen LogP contribution in [0.5, 0.6) is 0 Å². The van der Waals surface area contributed by atoms with Crippen LogP contribution in [0.2, 0.25) is 0 Å². The summed E-state index contributed by atoms with van der Waals surface area (Å²) in [4.78, 5) is 0. The molecule has 1 N–H and O–H groups in total. The molecule has 0 saturated heterocycles. The van der Waals surface area contributed by atoms with Crippen molar-refractivity contribution in [3.05, 3.63) is 0 Å². The fourth-order valence-corrected chi connectivity index (χ4v) is 2.11. The molecule has 0 aromatic heterocycles. The Morgan fingerprint density at radius 3 is 2.31 bits per heavy atom. The highest BCUT2D eigenvalue weighted by Crippen LogP contribution is 2.27. The lowest BCUT2D eigenvalue weighted by Gasteiger charge is -2.26. The lowest BCUT2D eigenvalue weighted by molar-refractivity contribution is 0.279. The molecule has 0 spiro atoms. The molecular formula is C12H25N.